The molecular formula is C15H22ClN3O3. The van der Waals surface area contributed by atoms with E-state index in [1.165, 1.54) is 0 Å². The second kappa shape index (κ2) is 9.15. The maximum absolute atomic E-state index is 11.7. The first-order valence-corrected chi connectivity index (χ1v) is 7.54. The van der Waals surface area contributed by atoms with Gasteiger partial charge < -0.3 is 20.7 Å². The largest absolute Gasteiger partial charge is 0.492 e. The number of carbonyl (C=O) groups excluding carboxylic acids is 2. The molecule has 0 atom stereocenters. The smallest absolute Gasteiger partial charge is 0.319 e. The molecule has 0 saturated carbocycles. The zero-order valence-corrected chi connectivity index (χ0v) is 13.8. The minimum atomic E-state index is -0.472. The molecule has 7 heteroatoms. The van der Waals surface area contributed by atoms with Crippen LogP contribution in [0.1, 0.15) is 20.8 Å². The molecule has 0 aliphatic heterocycles. The van der Waals surface area contributed by atoms with Crippen molar-refractivity contribution in [2.45, 2.75) is 20.8 Å². The normalized spacial score (nSPS) is 10.2. The van der Waals surface area contributed by atoms with Crippen molar-refractivity contribution in [1.82, 2.24) is 10.6 Å². The zero-order chi connectivity index (χ0) is 16.5. The minimum Gasteiger partial charge on any atom is -0.492 e. The van der Waals surface area contributed by atoms with Gasteiger partial charge in [-0.1, -0.05) is 25.4 Å². The molecule has 0 unspecified atom stereocenters. The fourth-order valence-corrected chi connectivity index (χ4v) is 1.80. The molecule has 3 amide bonds. The molecule has 0 aliphatic carbocycles. The van der Waals surface area contributed by atoms with Gasteiger partial charge in [0.15, 0.2) is 0 Å². The number of hydrogen-bond donors (Lipinski definition) is 3. The SMILES string of the molecule is CCOc1ccc(NC(=O)NCC(=O)NCC(C)C)cc1Cl. The number of amides is 3. The molecule has 22 heavy (non-hydrogen) atoms. The van der Waals surface area contributed by atoms with Crippen LogP contribution in [0.3, 0.4) is 0 Å². The lowest BCUT2D eigenvalue weighted by Crippen LogP contribution is -2.39. The van der Waals surface area contributed by atoms with Crippen LogP contribution in [-0.2, 0) is 4.79 Å². The number of benzene rings is 1. The van der Waals surface area contributed by atoms with Gasteiger partial charge in [0.1, 0.15) is 5.75 Å². The van der Waals surface area contributed by atoms with Crippen LogP contribution in [0.25, 0.3) is 0 Å². The van der Waals surface area contributed by atoms with Crippen LogP contribution in [-0.4, -0.2) is 31.6 Å². The molecule has 0 heterocycles. The van der Waals surface area contributed by atoms with Crippen molar-refractivity contribution in [1.29, 1.82) is 0 Å². The Morgan fingerprint density at radius 3 is 2.59 bits per heavy atom. The number of urea groups is 1. The van der Waals surface area contributed by atoms with Crippen LogP contribution in [0.5, 0.6) is 5.75 Å². The highest BCUT2D eigenvalue weighted by atomic mass is 35.5. The van der Waals surface area contributed by atoms with Gasteiger partial charge in [0.25, 0.3) is 0 Å². The number of hydrogen-bond acceptors (Lipinski definition) is 3. The highest BCUT2D eigenvalue weighted by molar-refractivity contribution is 6.32. The summed E-state index contributed by atoms with van der Waals surface area (Å²) in [6.45, 7) is 6.87. The lowest BCUT2D eigenvalue weighted by molar-refractivity contribution is -0.120. The summed E-state index contributed by atoms with van der Waals surface area (Å²) >= 11 is 6.03. The van der Waals surface area contributed by atoms with Crippen LogP contribution in [0.15, 0.2) is 18.2 Å². The van der Waals surface area contributed by atoms with Gasteiger partial charge in [-0.15, -0.1) is 0 Å². The molecule has 1 aromatic carbocycles. The van der Waals surface area contributed by atoms with E-state index in [0.717, 1.165) is 0 Å². The Morgan fingerprint density at radius 1 is 1.27 bits per heavy atom. The van der Waals surface area contributed by atoms with Gasteiger partial charge in [0.2, 0.25) is 5.91 Å². The average molecular weight is 328 g/mol. The van der Waals surface area contributed by atoms with E-state index < -0.39 is 6.03 Å². The Labute approximate surface area is 135 Å². The molecule has 0 aliphatic rings. The van der Waals surface area contributed by atoms with E-state index >= 15 is 0 Å². The fourth-order valence-electron chi connectivity index (χ4n) is 1.57. The van der Waals surface area contributed by atoms with Crippen molar-refractivity contribution in [2.75, 3.05) is 25.0 Å². The predicted molar refractivity (Wildman–Crippen MR) is 87.5 cm³/mol. The van der Waals surface area contributed by atoms with Crippen LogP contribution in [0.2, 0.25) is 5.02 Å². The summed E-state index contributed by atoms with van der Waals surface area (Å²) in [5.41, 5.74) is 0.522. The molecule has 1 aromatic rings. The van der Waals surface area contributed by atoms with Gasteiger partial charge in [0.05, 0.1) is 18.2 Å². The molecule has 0 fully saturated rings. The third-order valence-corrected chi connectivity index (χ3v) is 2.90. The first kappa shape index (κ1) is 18.1. The second-order valence-electron chi connectivity index (χ2n) is 5.08. The van der Waals surface area contributed by atoms with Crippen molar-refractivity contribution in [3.63, 3.8) is 0 Å². The van der Waals surface area contributed by atoms with Crippen molar-refractivity contribution in [2.24, 2.45) is 5.92 Å². The van der Waals surface area contributed by atoms with Crippen LogP contribution in [0, 0.1) is 5.92 Å². The third kappa shape index (κ3) is 6.67. The van der Waals surface area contributed by atoms with Crippen LogP contribution < -0.4 is 20.7 Å². The Bertz CT molecular complexity index is 521. The van der Waals surface area contributed by atoms with Crippen molar-refractivity contribution < 1.29 is 14.3 Å². The Balaban J connectivity index is 2.42. The van der Waals surface area contributed by atoms with E-state index in [-0.39, 0.29) is 12.5 Å². The zero-order valence-electron chi connectivity index (χ0n) is 13.0. The number of halogens is 1. The summed E-state index contributed by atoms with van der Waals surface area (Å²) in [7, 11) is 0. The molecule has 6 nitrogen and oxygen atoms in total. The topological polar surface area (TPSA) is 79.5 Å². The molecular weight excluding hydrogens is 306 g/mol. The summed E-state index contributed by atoms with van der Waals surface area (Å²) in [5, 5.41) is 8.20. The first-order valence-electron chi connectivity index (χ1n) is 7.16. The van der Waals surface area contributed by atoms with E-state index in [9.17, 15) is 9.59 Å². The van der Waals surface area contributed by atoms with Gasteiger partial charge in [-0.3, -0.25) is 4.79 Å². The van der Waals surface area contributed by atoms with Gasteiger partial charge in [-0.2, -0.15) is 0 Å². The van der Waals surface area contributed by atoms with Crippen molar-refractivity contribution in [3.8, 4) is 5.75 Å². The first-order chi connectivity index (χ1) is 10.4. The molecule has 0 bridgehead atoms. The van der Waals surface area contributed by atoms with Crippen molar-refractivity contribution in [3.05, 3.63) is 23.2 Å². The highest BCUT2D eigenvalue weighted by Crippen LogP contribution is 2.27. The van der Waals surface area contributed by atoms with Gasteiger partial charge >= 0.3 is 6.03 Å². The minimum absolute atomic E-state index is 0.0800. The standard InChI is InChI=1S/C15H22ClN3O3/c1-4-22-13-6-5-11(7-12(13)16)19-15(21)18-9-14(20)17-8-10(2)3/h5-7,10H,4,8-9H2,1-3H3,(H,17,20)(H2,18,19,21). The molecule has 0 radical (unpaired) electrons. The van der Waals surface area contributed by atoms with Gasteiger partial charge in [-0.25, -0.2) is 4.79 Å². The summed E-state index contributed by atoms with van der Waals surface area (Å²) < 4.78 is 5.31. The van der Waals surface area contributed by atoms with E-state index in [1.54, 1.807) is 18.2 Å². The number of anilines is 1. The Hall–Kier alpha value is -1.95. The molecule has 0 saturated heterocycles. The maximum atomic E-state index is 11.7. The second-order valence-corrected chi connectivity index (χ2v) is 5.49. The third-order valence-electron chi connectivity index (χ3n) is 2.61. The summed E-state index contributed by atoms with van der Waals surface area (Å²) in [6.07, 6.45) is 0. The summed E-state index contributed by atoms with van der Waals surface area (Å²) in [4.78, 5) is 23.2. The lowest BCUT2D eigenvalue weighted by Gasteiger charge is -2.11. The van der Waals surface area contributed by atoms with Crippen LogP contribution >= 0.6 is 11.6 Å². The van der Waals surface area contributed by atoms with E-state index in [0.29, 0.717) is 35.5 Å². The number of ether oxygens (including phenoxy) is 1. The molecule has 122 valence electrons. The predicted octanol–water partition coefficient (Wildman–Crippen LogP) is 2.63. The van der Waals surface area contributed by atoms with Crippen LogP contribution in [0.4, 0.5) is 10.5 Å². The summed E-state index contributed by atoms with van der Waals surface area (Å²) in [5.74, 6) is 0.695. The lowest BCUT2D eigenvalue weighted by atomic mass is 10.2. The monoisotopic (exact) mass is 327 g/mol. The number of carbonyl (C=O) groups is 2. The summed E-state index contributed by atoms with van der Waals surface area (Å²) in [6, 6.07) is 4.47. The van der Waals surface area contributed by atoms with Gasteiger partial charge in [-0.05, 0) is 31.0 Å². The Kier molecular flexibility index (Phi) is 7.52. The molecule has 1 rings (SSSR count). The molecule has 0 spiro atoms. The maximum Gasteiger partial charge on any atom is 0.319 e. The van der Waals surface area contributed by atoms with E-state index in [4.69, 9.17) is 16.3 Å². The van der Waals surface area contributed by atoms with E-state index in [2.05, 4.69) is 16.0 Å². The molecule has 0 aromatic heterocycles. The van der Waals surface area contributed by atoms with Crippen molar-refractivity contribution >= 4 is 29.2 Å². The highest BCUT2D eigenvalue weighted by Gasteiger charge is 2.08. The quantitative estimate of drug-likeness (QED) is 0.720. The van der Waals surface area contributed by atoms with Gasteiger partial charge in [0, 0.05) is 12.2 Å². The number of rotatable bonds is 7. The van der Waals surface area contributed by atoms with E-state index in [1.807, 2.05) is 20.8 Å². The average Bonchev–Trinajstić information content (AvgIpc) is 2.46. The Morgan fingerprint density at radius 2 is 2.00 bits per heavy atom. The number of nitrogens with one attached hydrogen (secondary N) is 3. The molecule has 3 N–H and O–H groups in total. The fraction of sp³-hybridized carbons (Fsp3) is 0.467.